The van der Waals surface area contributed by atoms with Crippen molar-refractivity contribution in [3.05, 3.63) is 71.1 Å². The maximum absolute atomic E-state index is 13.1. The predicted molar refractivity (Wildman–Crippen MR) is 130 cm³/mol. The lowest BCUT2D eigenvalue weighted by molar-refractivity contribution is -0.127. The molecule has 0 bridgehead atoms. The fraction of sp³-hybridized carbons (Fsp3) is 0.444. The maximum Gasteiger partial charge on any atom is 0.246 e. The van der Waals surface area contributed by atoms with Gasteiger partial charge in [-0.05, 0) is 69.4 Å². The van der Waals surface area contributed by atoms with Gasteiger partial charge < -0.3 is 14.0 Å². The molecule has 0 aliphatic carbocycles. The van der Waals surface area contributed by atoms with Crippen LogP contribution in [0.4, 0.5) is 0 Å². The van der Waals surface area contributed by atoms with E-state index in [1.165, 1.54) is 19.3 Å². The molecule has 2 aromatic heterocycles. The molecule has 4 heterocycles. The Morgan fingerprint density at radius 1 is 1.03 bits per heavy atom. The summed E-state index contributed by atoms with van der Waals surface area (Å²) in [6, 6.07) is 12.5. The zero-order valence-electron chi connectivity index (χ0n) is 19.7. The van der Waals surface area contributed by atoms with E-state index >= 15 is 0 Å². The van der Waals surface area contributed by atoms with E-state index in [9.17, 15) is 4.79 Å². The minimum absolute atomic E-state index is 0.0832. The number of fused-ring (bicyclic) bond motifs is 1. The Hall–Kier alpha value is -3.15. The molecule has 33 heavy (non-hydrogen) atoms. The number of carbonyl (C=O) groups is 1. The highest BCUT2D eigenvalue weighted by Gasteiger charge is 2.28. The van der Waals surface area contributed by atoms with Gasteiger partial charge in [0.25, 0.3) is 0 Å². The summed E-state index contributed by atoms with van der Waals surface area (Å²) in [4.78, 5) is 15.1. The highest BCUT2D eigenvalue weighted by Crippen LogP contribution is 2.28. The first-order chi connectivity index (χ1) is 16.1. The number of carbonyl (C=O) groups excluding carboxylic acids is 1. The molecule has 1 fully saturated rings. The lowest BCUT2D eigenvalue weighted by Crippen LogP contribution is -2.39. The van der Waals surface area contributed by atoms with E-state index < -0.39 is 0 Å². The van der Waals surface area contributed by atoms with Gasteiger partial charge in [0.05, 0.1) is 0 Å². The van der Waals surface area contributed by atoms with Gasteiger partial charge in [-0.15, -0.1) is 10.2 Å². The van der Waals surface area contributed by atoms with Crippen molar-refractivity contribution in [2.24, 2.45) is 0 Å². The number of nitrogens with zero attached hydrogens (tertiary/aromatic N) is 5. The molecule has 1 aromatic carbocycles. The Morgan fingerprint density at radius 3 is 2.73 bits per heavy atom. The molecule has 3 aromatic rings. The number of piperidine rings is 1. The fourth-order valence-corrected chi connectivity index (χ4v) is 5.39. The summed E-state index contributed by atoms with van der Waals surface area (Å²) in [5.41, 5.74) is 4.53. The van der Waals surface area contributed by atoms with Gasteiger partial charge in [0.2, 0.25) is 5.91 Å². The van der Waals surface area contributed by atoms with Crippen LogP contribution in [-0.4, -0.2) is 43.2 Å². The molecule has 0 spiro atoms. The molecule has 0 N–H and O–H groups in total. The van der Waals surface area contributed by atoms with Crippen LogP contribution in [0.3, 0.4) is 0 Å². The van der Waals surface area contributed by atoms with Gasteiger partial charge in [0, 0.05) is 55.1 Å². The van der Waals surface area contributed by atoms with Gasteiger partial charge in [0.1, 0.15) is 11.6 Å². The summed E-state index contributed by atoms with van der Waals surface area (Å²) in [6.45, 7) is 6.76. The van der Waals surface area contributed by atoms with Crippen LogP contribution in [0, 0.1) is 13.8 Å². The van der Waals surface area contributed by atoms with Crippen LogP contribution in [0.15, 0.2) is 42.5 Å². The lowest BCUT2D eigenvalue weighted by Gasteiger charge is -2.31. The van der Waals surface area contributed by atoms with Gasteiger partial charge >= 0.3 is 0 Å². The van der Waals surface area contributed by atoms with Crippen LogP contribution >= 0.6 is 0 Å². The van der Waals surface area contributed by atoms with Crippen molar-refractivity contribution in [2.45, 2.75) is 64.8 Å². The smallest absolute Gasteiger partial charge is 0.246 e. The van der Waals surface area contributed by atoms with Crippen LogP contribution in [0.2, 0.25) is 0 Å². The van der Waals surface area contributed by atoms with Crippen molar-refractivity contribution < 1.29 is 4.79 Å². The molecule has 6 nitrogen and oxygen atoms in total. The van der Waals surface area contributed by atoms with Crippen LogP contribution in [0.5, 0.6) is 0 Å². The lowest BCUT2D eigenvalue weighted by atomic mass is 9.97. The molecular formula is C27H33N5O. The molecule has 2 aliphatic rings. The molecule has 5 rings (SSSR count). The van der Waals surface area contributed by atoms with E-state index in [2.05, 4.69) is 51.4 Å². The first-order valence-electron chi connectivity index (χ1n) is 12.2. The number of aromatic nitrogens is 4. The normalized spacial score (nSPS) is 19.0. The summed E-state index contributed by atoms with van der Waals surface area (Å²) in [6.07, 6.45) is 10.5. The second-order valence-electron chi connectivity index (χ2n) is 9.39. The molecule has 1 amide bonds. The SMILES string of the molecule is Cc1cc(/C=C/C(=O)N2CCCC(c3nnc4n3CCCCC4)C2)c(C)n1-c1ccccc1. The first-order valence-corrected chi connectivity index (χ1v) is 12.2. The topological polar surface area (TPSA) is 56.0 Å². The monoisotopic (exact) mass is 443 g/mol. The Balaban J connectivity index is 1.30. The van der Waals surface area contributed by atoms with Gasteiger partial charge in [0.15, 0.2) is 0 Å². The minimum atomic E-state index is 0.0832. The van der Waals surface area contributed by atoms with Crippen molar-refractivity contribution >= 4 is 12.0 Å². The molecule has 0 saturated carbocycles. The Morgan fingerprint density at radius 2 is 1.88 bits per heavy atom. The molecule has 172 valence electrons. The van der Waals surface area contributed by atoms with E-state index in [1.54, 1.807) is 6.08 Å². The zero-order chi connectivity index (χ0) is 22.8. The van der Waals surface area contributed by atoms with Crippen LogP contribution in [0.25, 0.3) is 11.8 Å². The third-order valence-corrected chi connectivity index (χ3v) is 7.13. The Kier molecular flexibility index (Phi) is 6.16. The van der Waals surface area contributed by atoms with Gasteiger partial charge in [-0.25, -0.2) is 0 Å². The molecular weight excluding hydrogens is 410 g/mol. The Bertz CT molecular complexity index is 1160. The molecule has 1 saturated heterocycles. The fourth-order valence-electron chi connectivity index (χ4n) is 5.39. The van der Waals surface area contributed by atoms with Crippen molar-refractivity contribution in [3.8, 4) is 5.69 Å². The molecule has 2 aliphatic heterocycles. The number of para-hydroxylation sites is 1. The van der Waals surface area contributed by atoms with Gasteiger partial charge in [-0.3, -0.25) is 4.79 Å². The maximum atomic E-state index is 13.1. The van der Waals surface area contributed by atoms with E-state index in [0.717, 1.165) is 73.2 Å². The highest BCUT2D eigenvalue weighted by molar-refractivity contribution is 5.92. The Labute approximate surface area is 195 Å². The summed E-state index contributed by atoms with van der Waals surface area (Å²) in [5.74, 6) is 2.57. The van der Waals surface area contributed by atoms with Crippen molar-refractivity contribution in [2.75, 3.05) is 13.1 Å². The number of hydrogen-bond donors (Lipinski definition) is 0. The van der Waals surface area contributed by atoms with Crippen molar-refractivity contribution in [1.82, 2.24) is 24.2 Å². The third kappa shape index (κ3) is 4.39. The van der Waals surface area contributed by atoms with E-state index in [-0.39, 0.29) is 11.8 Å². The molecule has 1 atom stereocenters. The van der Waals surface area contributed by atoms with E-state index in [0.29, 0.717) is 0 Å². The zero-order valence-corrected chi connectivity index (χ0v) is 19.7. The predicted octanol–water partition coefficient (Wildman–Crippen LogP) is 4.83. The van der Waals surface area contributed by atoms with E-state index in [1.807, 2.05) is 29.2 Å². The number of rotatable bonds is 4. The summed E-state index contributed by atoms with van der Waals surface area (Å²) in [5, 5.41) is 9.03. The van der Waals surface area contributed by atoms with Crippen LogP contribution < -0.4 is 0 Å². The summed E-state index contributed by atoms with van der Waals surface area (Å²) >= 11 is 0. The standard InChI is InChI=1S/C27H33N5O/c1-20-18-22(21(2)32(20)24-11-5-3-6-12-24)14-15-26(33)30-16-9-10-23(19-30)27-29-28-25-13-7-4-8-17-31(25)27/h3,5-6,11-12,14-15,18,23H,4,7-10,13,16-17,19H2,1-2H3/b15-14+. The number of likely N-dealkylation sites (tertiary alicyclic amines) is 1. The average Bonchev–Trinajstić information content (AvgIpc) is 3.27. The number of amides is 1. The molecule has 6 heteroatoms. The van der Waals surface area contributed by atoms with Crippen LogP contribution in [0.1, 0.15) is 66.6 Å². The third-order valence-electron chi connectivity index (χ3n) is 7.13. The van der Waals surface area contributed by atoms with Crippen LogP contribution in [-0.2, 0) is 17.8 Å². The largest absolute Gasteiger partial charge is 0.338 e. The minimum Gasteiger partial charge on any atom is -0.338 e. The highest BCUT2D eigenvalue weighted by atomic mass is 16.2. The quantitative estimate of drug-likeness (QED) is 0.543. The average molecular weight is 444 g/mol. The second-order valence-corrected chi connectivity index (χ2v) is 9.39. The molecule has 1 unspecified atom stereocenters. The van der Waals surface area contributed by atoms with Crippen molar-refractivity contribution in [1.29, 1.82) is 0 Å². The number of benzene rings is 1. The first kappa shape index (κ1) is 21.7. The molecule has 0 radical (unpaired) electrons. The summed E-state index contributed by atoms with van der Waals surface area (Å²) in [7, 11) is 0. The summed E-state index contributed by atoms with van der Waals surface area (Å²) < 4.78 is 4.57. The van der Waals surface area contributed by atoms with Gasteiger partial charge in [-0.2, -0.15) is 0 Å². The van der Waals surface area contributed by atoms with Crippen molar-refractivity contribution in [3.63, 3.8) is 0 Å². The van der Waals surface area contributed by atoms with E-state index in [4.69, 9.17) is 0 Å². The number of aryl methyl sites for hydroxylation is 2. The van der Waals surface area contributed by atoms with Gasteiger partial charge in [-0.1, -0.05) is 24.6 Å². The second kappa shape index (κ2) is 9.38. The number of hydrogen-bond acceptors (Lipinski definition) is 3.